The van der Waals surface area contributed by atoms with E-state index in [-0.39, 0.29) is 11.5 Å². The molecule has 3 rings (SSSR count). The monoisotopic (exact) mass is 326 g/mol. The molecule has 1 fully saturated rings. The summed E-state index contributed by atoms with van der Waals surface area (Å²) in [4.78, 5) is 21.4. The van der Waals surface area contributed by atoms with Crippen LogP contribution in [0.25, 0.3) is 0 Å². The van der Waals surface area contributed by atoms with Crippen LogP contribution in [0.2, 0.25) is 0 Å². The standard InChI is InChI=1S/C19H26N4O/c1-13(2)17-12-18(24)22-19(21-17)20-15-4-6-16(7-5-15)23-10-8-14(3)9-11-23/h4-7,12-14H,8-11H2,1-3H3,(H2,20,21,22,24). The minimum Gasteiger partial charge on any atom is -0.372 e. The van der Waals surface area contributed by atoms with Gasteiger partial charge in [-0.1, -0.05) is 20.8 Å². The van der Waals surface area contributed by atoms with Crippen molar-refractivity contribution in [1.29, 1.82) is 0 Å². The Morgan fingerprint density at radius 3 is 2.50 bits per heavy atom. The second kappa shape index (κ2) is 7.07. The van der Waals surface area contributed by atoms with Crippen molar-refractivity contribution in [3.63, 3.8) is 0 Å². The average molecular weight is 326 g/mol. The fourth-order valence-electron chi connectivity index (χ4n) is 2.99. The maximum absolute atomic E-state index is 11.8. The van der Waals surface area contributed by atoms with Crippen molar-refractivity contribution >= 4 is 17.3 Å². The molecule has 0 spiro atoms. The Hall–Kier alpha value is -2.30. The summed E-state index contributed by atoms with van der Waals surface area (Å²) in [5.41, 5.74) is 2.84. The van der Waals surface area contributed by atoms with Crippen LogP contribution < -0.4 is 15.8 Å². The molecule has 0 amide bonds. The van der Waals surface area contributed by atoms with Crippen LogP contribution in [0.3, 0.4) is 0 Å². The lowest BCUT2D eigenvalue weighted by molar-refractivity contribution is 0.438. The molecule has 1 aromatic heterocycles. The molecule has 1 aliphatic rings. The highest BCUT2D eigenvalue weighted by molar-refractivity contribution is 5.59. The highest BCUT2D eigenvalue weighted by Gasteiger charge is 2.15. The number of hydrogen-bond donors (Lipinski definition) is 2. The molecule has 1 saturated heterocycles. The van der Waals surface area contributed by atoms with E-state index in [9.17, 15) is 4.79 Å². The minimum absolute atomic E-state index is 0.129. The van der Waals surface area contributed by atoms with Gasteiger partial charge in [-0.15, -0.1) is 0 Å². The number of nitrogens with one attached hydrogen (secondary N) is 2. The van der Waals surface area contributed by atoms with E-state index in [4.69, 9.17) is 0 Å². The number of benzene rings is 1. The summed E-state index contributed by atoms with van der Waals surface area (Å²) in [6.45, 7) is 8.63. The number of H-pyrrole nitrogens is 1. The molecule has 5 heteroatoms. The van der Waals surface area contributed by atoms with Gasteiger partial charge in [-0.25, -0.2) is 4.98 Å². The molecule has 2 heterocycles. The molecule has 24 heavy (non-hydrogen) atoms. The second-order valence-corrected chi connectivity index (χ2v) is 7.02. The van der Waals surface area contributed by atoms with E-state index in [0.29, 0.717) is 5.95 Å². The largest absolute Gasteiger partial charge is 0.372 e. The first kappa shape index (κ1) is 16.6. The third-order valence-corrected chi connectivity index (χ3v) is 4.63. The first-order valence-corrected chi connectivity index (χ1v) is 8.74. The van der Waals surface area contributed by atoms with Gasteiger partial charge in [-0.05, 0) is 48.9 Å². The molecule has 0 atom stereocenters. The highest BCUT2D eigenvalue weighted by Crippen LogP contribution is 2.25. The third-order valence-electron chi connectivity index (χ3n) is 4.63. The lowest BCUT2D eigenvalue weighted by atomic mass is 9.99. The summed E-state index contributed by atoms with van der Waals surface area (Å²) >= 11 is 0. The topological polar surface area (TPSA) is 61.0 Å². The molecular weight excluding hydrogens is 300 g/mol. The maximum atomic E-state index is 11.8. The molecule has 0 unspecified atom stereocenters. The van der Waals surface area contributed by atoms with Gasteiger partial charge in [0.15, 0.2) is 0 Å². The number of hydrogen-bond acceptors (Lipinski definition) is 4. The zero-order chi connectivity index (χ0) is 17.1. The van der Waals surface area contributed by atoms with E-state index >= 15 is 0 Å². The van der Waals surface area contributed by atoms with Crippen LogP contribution in [-0.4, -0.2) is 23.1 Å². The van der Waals surface area contributed by atoms with Gasteiger partial charge >= 0.3 is 0 Å². The number of aromatic nitrogens is 2. The van der Waals surface area contributed by atoms with Crippen molar-refractivity contribution < 1.29 is 0 Å². The summed E-state index contributed by atoms with van der Waals surface area (Å²) in [5.74, 6) is 1.54. The molecule has 2 aromatic rings. The predicted molar refractivity (Wildman–Crippen MR) is 99.3 cm³/mol. The van der Waals surface area contributed by atoms with Gasteiger partial charge in [-0.3, -0.25) is 9.78 Å². The van der Waals surface area contributed by atoms with Gasteiger partial charge in [-0.2, -0.15) is 0 Å². The number of aromatic amines is 1. The van der Waals surface area contributed by atoms with Gasteiger partial charge < -0.3 is 10.2 Å². The molecule has 1 aliphatic heterocycles. The SMILES string of the molecule is CC1CCN(c2ccc(Nc3nc(C(C)C)cc(=O)[nH]3)cc2)CC1. The molecule has 1 aromatic carbocycles. The Labute approximate surface area is 143 Å². The number of anilines is 3. The Balaban J connectivity index is 1.71. The molecular formula is C19H26N4O. The molecule has 0 saturated carbocycles. The van der Waals surface area contributed by atoms with Crippen molar-refractivity contribution in [1.82, 2.24) is 9.97 Å². The Morgan fingerprint density at radius 2 is 1.88 bits per heavy atom. The van der Waals surface area contributed by atoms with Crippen LogP contribution in [0.15, 0.2) is 35.1 Å². The first-order chi connectivity index (χ1) is 11.5. The zero-order valence-electron chi connectivity index (χ0n) is 14.7. The van der Waals surface area contributed by atoms with Crippen molar-refractivity contribution in [2.75, 3.05) is 23.3 Å². The quantitative estimate of drug-likeness (QED) is 0.895. The lowest BCUT2D eigenvalue weighted by Crippen LogP contribution is -2.32. The number of nitrogens with zero attached hydrogens (tertiary/aromatic N) is 2. The van der Waals surface area contributed by atoms with E-state index < -0.39 is 0 Å². The fraction of sp³-hybridized carbons (Fsp3) is 0.474. The van der Waals surface area contributed by atoms with Crippen LogP contribution in [-0.2, 0) is 0 Å². The smallest absolute Gasteiger partial charge is 0.252 e. The van der Waals surface area contributed by atoms with Crippen LogP contribution in [0.1, 0.15) is 45.2 Å². The summed E-state index contributed by atoms with van der Waals surface area (Å²) in [6.07, 6.45) is 2.51. The molecule has 5 nitrogen and oxygen atoms in total. The second-order valence-electron chi connectivity index (χ2n) is 7.02. The van der Waals surface area contributed by atoms with E-state index in [1.54, 1.807) is 6.07 Å². The Bertz CT molecular complexity index is 728. The third kappa shape index (κ3) is 3.96. The Kier molecular flexibility index (Phi) is 4.88. The van der Waals surface area contributed by atoms with Crippen LogP contribution in [0, 0.1) is 5.92 Å². The van der Waals surface area contributed by atoms with E-state index in [1.165, 1.54) is 18.5 Å². The van der Waals surface area contributed by atoms with E-state index in [1.807, 2.05) is 26.0 Å². The van der Waals surface area contributed by atoms with Crippen LogP contribution in [0.4, 0.5) is 17.3 Å². The Morgan fingerprint density at radius 1 is 1.21 bits per heavy atom. The van der Waals surface area contributed by atoms with Gasteiger partial charge in [0, 0.05) is 30.5 Å². The summed E-state index contributed by atoms with van der Waals surface area (Å²) < 4.78 is 0. The normalized spacial score (nSPS) is 15.8. The average Bonchev–Trinajstić information content (AvgIpc) is 2.56. The molecule has 0 bridgehead atoms. The zero-order valence-corrected chi connectivity index (χ0v) is 14.7. The fourth-order valence-corrected chi connectivity index (χ4v) is 2.99. The molecule has 128 valence electrons. The predicted octanol–water partition coefficient (Wildman–Crippen LogP) is 3.87. The first-order valence-electron chi connectivity index (χ1n) is 8.74. The summed E-state index contributed by atoms with van der Waals surface area (Å²) in [6, 6.07) is 9.88. The number of piperidine rings is 1. The maximum Gasteiger partial charge on any atom is 0.252 e. The van der Waals surface area contributed by atoms with Crippen molar-refractivity contribution in [2.24, 2.45) is 5.92 Å². The van der Waals surface area contributed by atoms with Gasteiger partial charge in [0.2, 0.25) is 5.95 Å². The van der Waals surface area contributed by atoms with Crippen LogP contribution in [0.5, 0.6) is 0 Å². The lowest BCUT2D eigenvalue weighted by Gasteiger charge is -2.32. The van der Waals surface area contributed by atoms with E-state index in [0.717, 1.165) is 30.4 Å². The summed E-state index contributed by atoms with van der Waals surface area (Å²) in [7, 11) is 0. The van der Waals surface area contributed by atoms with Crippen molar-refractivity contribution in [3.05, 3.63) is 46.4 Å². The van der Waals surface area contributed by atoms with E-state index in [2.05, 4.69) is 39.2 Å². The molecule has 0 aliphatic carbocycles. The van der Waals surface area contributed by atoms with Gasteiger partial charge in [0.25, 0.3) is 5.56 Å². The van der Waals surface area contributed by atoms with Crippen molar-refractivity contribution in [3.8, 4) is 0 Å². The summed E-state index contributed by atoms with van der Waals surface area (Å²) in [5, 5.41) is 3.19. The number of rotatable bonds is 4. The van der Waals surface area contributed by atoms with Crippen LogP contribution >= 0.6 is 0 Å². The van der Waals surface area contributed by atoms with Gasteiger partial charge in [0.05, 0.1) is 5.69 Å². The minimum atomic E-state index is -0.129. The van der Waals surface area contributed by atoms with Crippen molar-refractivity contribution in [2.45, 2.75) is 39.5 Å². The molecule has 0 radical (unpaired) electrons. The molecule has 2 N–H and O–H groups in total. The highest BCUT2D eigenvalue weighted by atomic mass is 16.1. The van der Waals surface area contributed by atoms with Gasteiger partial charge in [0.1, 0.15) is 0 Å².